The Morgan fingerprint density at radius 1 is 1.50 bits per heavy atom. The number of amidine groups is 1. The van der Waals surface area contributed by atoms with E-state index in [0.29, 0.717) is 6.10 Å². The lowest BCUT2D eigenvalue weighted by Gasteiger charge is -2.35. The first-order chi connectivity index (χ1) is 9.61. The summed E-state index contributed by atoms with van der Waals surface area (Å²) in [5.41, 5.74) is 8.76. The summed E-state index contributed by atoms with van der Waals surface area (Å²) >= 11 is 0. The second kappa shape index (κ2) is 6.75. The third-order valence-corrected chi connectivity index (χ3v) is 3.72. The van der Waals surface area contributed by atoms with Crippen molar-refractivity contribution < 1.29 is 4.74 Å². The van der Waals surface area contributed by atoms with E-state index in [2.05, 4.69) is 24.0 Å². The maximum absolute atomic E-state index is 7.77. The van der Waals surface area contributed by atoms with Crippen LogP contribution < -0.4 is 10.6 Å². The molecule has 1 aromatic carbocycles. The molecular weight excluding hydrogens is 250 g/mol. The van der Waals surface area contributed by atoms with Gasteiger partial charge in [-0.15, -0.1) is 0 Å². The van der Waals surface area contributed by atoms with Crippen LogP contribution in [-0.2, 0) is 4.74 Å². The molecule has 0 aromatic heterocycles. The minimum Gasteiger partial charge on any atom is -0.384 e. The van der Waals surface area contributed by atoms with Gasteiger partial charge in [0.25, 0.3) is 0 Å². The molecule has 1 aliphatic rings. The molecule has 4 nitrogen and oxygen atoms in total. The Morgan fingerprint density at radius 2 is 2.30 bits per heavy atom. The molecule has 0 aliphatic carbocycles. The molecule has 0 spiro atoms. The summed E-state index contributed by atoms with van der Waals surface area (Å²) in [7, 11) is 0. The molecule has 20 heavy (non-hydrogen) atoms. The van der Waals surface area contributed by atoms with E-state index in [1.54, 1.807) is 0 Å². The number of ether oxygens (including phenoxy) is 1. The summed E-state index contributed by atoms with van der Waals surface area (Å²) in [5.74, 6) is 0.139. The van der Waals surface area contributed by atoms with Crippen molar-refractivity contribution in [2.75, 3.05) is 24.6 Å². The molecule has 0 amide bonds. The highest BCUT2D eigenvalue weighted by Crippen LogP contribution is 2.26. The summed E-state index contributed by atoms with van der Waals surface area (Å²) in [4.78, 5) is 2.31. The van der Waals surface area contributed by atoms with E-state index in [9.17, 15) is 0 Å². The van der Waals surface area contributed by atoms with Gasteiger partial charge in [-0.2, -0.15) is 0 Å². The van der Waals surface area contributed by atoms with Crippen molar-refractivity contribution in [3.05, 3.63) is 29.3 Å². The molecule has 3 N–H and O–H groups in total. The standard InChI is InChI=1S/C16H25N3O/c1-3-9-20-13-5-4-8-19(11-13)15-7-6-12(2)10-14(15)16(17)18/h6-7,10,13H,3-5,8-9,11H2,1-2H3,(H3,17,18). The zero-order valence-corrected chi connectivity index (χ0v) is 12.5. The van der Waals surface area contributed by atoms with Gasteiger partial charge in [0.1, 0.15) is 5.84 Å². The molecule has 1 saturated heterocycles. The van der Waals surface area contributed by atoms with Gasteiger partial charge in [-0.05, 0) is 38.3 Å². The molecule has 1 heterocycles. The Labute approximate surface area is 121 Å². The molecule has 1 aromatic rings. The van der Waals surface area contributed by atoms with Gasteiger partial charge in [0.2, 0.25) is 0 Å². The van der Waals surface area contributed by atoms with Crippen molar-refractivity contribution in [3.63, 3.8) is 0 Å². The second-order valence-electron chi connectivity index (χ2n) is 5.52. The van der Waals surface area contributed by atoms with Gasteiger partial charge in [-0.25, -0.2) is 0 Å². The fourth-order valence-corrected chi connectivity index (χ4v) is 2.72. The maximum atomic E-state index is 7.77. The highest BCUT2D eigenvalue weighted by atomic mass is 16.5. The molecule has 2 rings (SSSR count). The van der Waals surface area contributed by atoms with Crippen molar-refractivity contribution >= 4 is 11.5 Å². The molecule has 1 fully saturated rings. The molecule has 4 heteroatoms. The SMILES string of the molecule is CCCOC1CCCN(c2ccc(C)cc2C(=N)N)C1. The number of nitrogens with zero attached hydrogens (tertiary/aromatic N) is 1. The number of nitrogens with one attached hydrogen (secondary N) is 1. The largest absolute Gasteiger partial charge is 0.384 e. The van der Waals surface area contributed by atoms with Crippen LogP contribution in [0.15, 0.2) is 18.2 Å². The Bertz CT molecular complexity index is 473. The Kier molecular flexibility index (Phi) is 5.01. The second-order valence-corrected chi connectivity index (χ2v) is 5.52. The number of aryl methyl sites for hydroxylation is 1. The highest BCUT2D eigenvalue weighted by molar-refractivity contribution is 6.00. The van der Waals surface area contributed by atoms with Crippen LogP contribution in [0.2, 0.25) is 0 Å². The summed E-state index contributed by atoms with van der Waals surface area (Å²) in [6.45, 7) is 6.89. The first kappa shape index (κ1) is 14.9. The fraction of sp³-hybridized carbons (Fsp3) is 0.562. The average Bonchev–Trinajstić information content (AvgIpc) is 2.45. The molecule has 1 unspecified atom stereocenters. The topological polar surface area (TPSA) is 62.3 Å². The van der Waals surface area contributed by atoms with Crippen molar-refractivity contribution in [2.45, 2.75) is 39.2 Å². The van der Waals surface area contributed by atoms with Gasteiger partial charge < -0.3 is 15.4 Å². The van der Waals surface area contributed by atoms with Gasteiger partial charge in [-0.1, -0.05) is 18.6 Å². The molecule has 0 saturated carbocycles. The first-order valence-electron chi connectivity index (χ1n) is 7.43. The molecular formula is C16H25N3O. The molecule has 0 radical (unpaired) electrons. The summed E-state index contributed by atoms with van der Waals surface area (Å²) in [5, 5.41) is 7.77. The minimum absolute atomic E-state index is 0.139. The van der Waals surface area contributed by atoms with E-state index in [0.717, 1.165) is 55.8 Å². The summed E-state index contributed by atoms with van der Waals surface area (Å²) in [6, 6.07) is 6.15. The van der Waals surface area contributed by atoms with E-state index in [1.165, 1.54) is 0 Å². The van der Waals surface area contributed by atoms with Crippen LogP contribution in [0.1, 0.15) is 37.3 Å². The van der Waals surface area contributed by atoms with Gasteiger partial charge in [0, 0.05) is 30.9 Å². The van der Waals surface area contributed by atoms with Crippen molar-refractivity contribution in [1.82, 2.24) is 0 Å². The lowest BCUT2D eigenvalue weighted by Crippen LogP contribution is -2.40. The van der Waals surface area contributed by atoms with Crippen LogP contribution >= 0.6 is 0 Å². The monoisotopic (exact) mass is 275 g/mol. The third-order valence-electron chi connectivity index (χ3n) is 3.72. The number of piperidine rings is 1. The Morgan fingerprint density at radius 3 is 3.00 bits per heavy atom. The molecule has 1 atom stereocenters. The minimum atomic E-state index is 0.139. The van der Waals surface area contributed by atoms with E-state index >= 15 is 0 Å². The smallest absolute Gasteiger partial charge is 0.124 e. The van der Waals surface area contributed by atoms with Crippen LogP contribution in [0.25, 0.3) is 0 Å². The first-order valence-corrected chi connectivity index (χ1v) is 7.43. The maximum Gasteiger partial charge on any atom is 0.124 e. The Hall–Kier alpha value is -1.55. The molecule has 0 bridgehead atoms. The quantitative estimate of drug-likeness (QED) is 0.641. The predicted molar refractivity (Wildman–Crippen MR) is 83.7 cm³/mol. The zero-order chi connectivity index (χ0) is 14.5. The molecule has 110 valence electrons. The van der Waals surface area contributed by atoms with Gasteiger partial charge in [0.05, 0.1) is 6.10 Å². The van der Waals surface area contributed by atoms with Crippen molar-refractivity contribution in [2.24, 2.45) is 5.73 Å². The number of rotatable bonds is 5. The number of benzene rings is 1. The van der Waals surface area contributed by atoms with E-state index in [-0.39, 0.29) is 5.84 Å². The van der Waals surface area contributed by atoms with Crippen LogP contribution in [0, 0.1) is 12.3 Å². The lowest BCUT2D eigenvalue weighted by molar-refractivity contribution is 0.0440. The number of nitrogens with two attached hydrogens (primary N) is 1. The third kappa shape index (κ3) is 3.51. The number of hydrogen-bond donors (Lipinski definition) is 2. The van der Waals surface area contributed by atoms with Crippen molar-refractivity contribution in [1.29, 1.82) is 5.41 Å². The van der Waals surface area contributed by atoms with E-state index in [4.69, 9.17) is 15.9 Å². The van der Waals surface area contributed by atoms with Gasteiger partial charge >= 0.3 is 0 Å². The van der Waals surface area contributed by atoms with Crippen LogP contribution in [0.3, 0.4) is 0 Å². The highest BCUT2D eigenvalue weighted by Gasteiger charge is 2.22. The van der Waals surface area contributed by atoms with E-state index < -0.39 is 0 Å². The number of hydrogen-bond acceptors (Lipinski definition) is 3. The summed E-state index contributed by atoms with van der Waals surface area (Å²) in [6.07, 6.45) is 3.60. The average molecular weight is 275 g/mol. The fourth-order valence-electron chi connectivity index (χ4n) is 2.72. The molecule has 1 aliphatic heterocycles. The Balaban J connectivity index is 2.16. The van der Waals surface area contributed by atoms with Gasteiger partial charge in [-0.3, -0.25) is 5.41 Å². The van der Waals surface area contributed by atoms with Gasteiger partial charge in [0.15, 0.2) is 0 Å². The number of anilines is 1. The zero-order valence-electron chi connectivity index (χ0n) is 12.5. The van der Waals surface area contributed by atoms with Crippen LogP contribution in [0.4, 0.5) is 5.69 Å². The lowest BCUT2D eigenvalue weighted by atomic mass is 10.0. The van der Waals surface area contributed by atoms with Crippen molar-refractivity contribution in [3.8, 4) is 0 Å². The van der Waals surface area contributed by atoms with Crippen LogP contribution in [0.5, 0.6) is 0 Å². The summed E-state index contributed by atoms with van der Waals surface area (Å²) < 4.78 is 5.88. The van der Waals surface area contributed by atoms with E-state index in [1.807, 2.05) is 13.0 Å². The number of nitrogen functional groups attached to an aromatic ring is 1. The van der Waals surface area contributed by atoms with Crippen LogP contribution in [-0.4, -0.2) is 31.6 Å². The normalized spacial score (nSPS) is 19.1. The predicted octanol–water partition coefficient (Wildman–Crippen LogP) is 2.67.